The van der Waals surface area contributed by atoms with Gasteiger partial charge in [0.05, 0.1) is 6.04 Å². The smallest absolute Gasteiger partial charge is 0.237 e. The molecule has 2 rings (SSSR count). The molecule has 0 aromatic heterocycles. The predicted octanol–water partition coefficient (Wildman–Crippen LogP) is 3.62. The van der Waals surface area contributed by atoms with Crippen molar-refractivity contribution in [1.82, 2.24) is 10.2 Å². The first-order chi connectivity index (χ1) is 11.0. The van der Waals surface area contributed by atoms with E-state index in [1.54, 1.807) is 43.1 Å². The molecule has 0 radical (unpaired) electrons. The second-order valence-electron chi connectivity index (χ2n) is 5.49. The number of amides is 1. The van der Waals surface area contributed by atoms with Crippen LogP contribution in [0, 0.1) is 5.82 Å². The number of nitrogens with zero attached hydrogens (tertiary/aromatic N) is 1. The van der Waals surface area contributed by atoms with Crippen LogP contribution in [-0.2, 0) is 17.9 Å². The summed E-state index contributed by atoms with van der Waals surface area (Å²) in [5.41, 5.74) is 1.44. The first kappa shape index (κ1) is 17.4. The largest absolute Gasteiger partial charge is 0.351 e. The topological polar surface area (TPSA) is 32.3 Å². The van der Waals surface area contributed by atoms with Crippen LogP contribution in [0.2, 0.25) is 5.02 Å². The van der Waals surface area contributed by atoms with Crippen LogP contribution in [0.25, 0.3) is 0 Å². The highest BCUT2D eigenvalue weighted by Gasteiger charge is 2.19. The molecule has 5 heteroatoms. The molecule has 0 aliphatic rings. The third kappa shape index (κ3) is 4.78. The Morgan fingerprint density at radius 3 is 2.43 bits per heavy atom. The van der Waals surface area contributed by atoms with E-state index in [4.69, 9.17) is 11.6 Å². The van der Waals surface area contributed by atoms with Crippen LogP contribution in [0.3, 0.4) is 0 Å². The standard InChI is InChI=1S/C18H20ClFN2O/c1-13(22(2)12-15-8-4-6-10-17(15)20)18(23)21-11-14-7-3-5-9-16(14)19/h3-10,13H,11-12H2,1-2H3,(H,21,23). The predicted molar refractivity (Wildman–Crippen MR) is 90.6 cm³/mol. The van der Waals surface area contributed by atoms with Crippen molar-refractivity contribution in [3.05, 3.63) is 70.5 Å². The molecule has 1 N–H and O–H groups in total. The molecule has 0 bridgehead atoms. The van der Waals surface area contributed by atoms with E-state index in [-0.39, 0.29) is 17.8 Å². The van der Waals surface area contributed by atoms with Gasteiger partial charge in [0.1, 0.15) is 5.82 Å². The van der Waals surface area contributed by atoms with Gasteiger partial charge in [0.2, 0.25) is 5.91 Å². The first-order valence-corrected chi connectivity index (χ1v) is 7.81. The summed E-state index contributed by atoms with van der Waals surface area (Å²) in [6, 6.07) is 13.6. The average Bonchev–Trinajstić information content (AvgIpc) is 2.55. The minimum absolute atomic E-state index is 0.122. The van der Waals surface area contributed by atoms with Gasteiger partial charge in [-0.25, -0.2) is 4.39 Å². The Morgan fingerprint density at radius 1 is 1.17 bits per heavy atom. The molecule has 0 fully saturated rings. The minimum atomic E-state index is -0.378. The Kier molecular flexibility index (Phi) is 6.13. The van der Waals surface area contributed by atoms with E-state index >= 15 is 0 Å². The van der Waals surface area contributed by atoms with Gasteiger partial charge >= 0.3 is 0 Å². The highest BCUT2D eigenvalue weighted by Crippen LogP contribution is 2.15. The number of hydrogen-bond donors (Lipinski definition) is 1. The molecule has 0 spiro atoms. The maximum atomic E-state index is 13.7. The van der Waals surface area contributed by atoms with Gasteiger partial charge in [0.15, 0.2) is 0 Å². The Bertz CT molecular complexity index is 678. The lowest BCUT2D eigenvalue weighted by Crippen LogP contribution is -2.42. The van der Waals surface area contributed by atoms with E-state index in [2.05, 4.69) is 5.32 Å². The SMILES string of the molecule is CC(C(=O)NCc1ccccc1Cl)N(C)Cc1ccccc1F. The summed E-state index contributed by atoms with van der Waals surface area (Å²) in [4.78, 5) is 14.1. The average molecular weight is 335 g/mol. The van der Waals surface area contributed by atoms with Crippen molar-refractivity contribution in [3.8, 4) is 0 Å². The van der Waals surface area contributed by atoms with Crippen molar-refractivity contribution in [2.45, 2.75) is 26.1 Å². The number of carbonyl (C=O) groups is 1. The van der Waals surface area contributed by atoms with Gasteiger partial charge in [0.25, 0.3) is 0 Å². The van der Waals surface area contributed by atoms with Crippen LogP contribution in [-0.4, -0.2) is 23.9 Å². The van der Waals surface area contributed by atoms with Crippen molar-refractivity contribution in [2.24, 2.45) is 0 Å². The number of carbonyl (C=O) groups excluding carboxylic acids is 1. The van der Waals surface area contributed by atoms with E-state index in [9.17, 15) is 9.18 Å². The van der Waals surface area contributed by atoms with Crippen LogP contribution in [0.1, 0.15) is 18.1 Å². The highest BCUT2D eigenvalue weighted by atomic mass is 35.5. The number of hydrogen-bond acceptors (Lipinski definition) is 2. The number of halogens is 2. The summed E-state index contributed by atoms with van der Waals surface area (Å²) < 4.78 is 13.7. The van der Waals surface area contributed by atoms with Crippen LogP contribution < -0.4 is 5.32 Å². The summed E-state index contributed by atoms with van der Waals surface area (Å²) in [6.45, 7) is 2.53. The molecular weight excluding hydrogens is 315 g/mol. The molecule has 23 heavy (non-hydrogen) atoms. The van der Waals surface area contributed by atoms with E-state index in [0.717, 1.165) is 5.56 Å². The zero-order valence-electron chi connectivity index (χ0n) is 13.2. The lowest BCUT2D eigenvalue weighted by molar-refractivity contribution is -0.125. The Morgan fingerprint density at radius 2 is 1.78 bits per heavy atom. The van der Waals surface area contributed by atoms with Gasteiger partial charge in [-0.1, -0.05) is 48.0 Å². The molecule has 122 valence electrons. The van der Waals surface area contributed by atoms with Crippen LogP contribution in [0.5, 0.6) is 0 Å². The fourth-order valence-corrected chi connectivity index (χ4v) is 2.41. The van der Waals surface area contributed by atoms with Gasteiger partial charge in [-0.05, 0) is 31.7 Å². The zero-order chi connectivity index (χ0) is 16.8. The first-order valence-electron chi connectivity index (χ1n) is 7.44. The normalized spacial score (nSPS) is 12.2. The van der Waals surface area contributed by atoms with Crippen LogP contribution in [0.15, 0.2) is 48.5 Å². The molecule has 0 aliphatic carbocycles. The summed E-state index contributed by atoms with van der Waals surface area (Å²) >= 11 is 6.07. The molecular formula is C18H20ClFN2O. The van der Waals surface area contributed by atoms with Gasteiger partial charge in [0, 0.05) is 23.7 Å². The monoisotopic (exact) mass is 334 g/mol. The fourth-order valence-electron chi connectivity index (χ4n) is 2.20. The fraction of sp³-hybridized carbons (Fsp3) is 0.278. The van der Waals surface area contributed by atoms with Gasteiger partial charge in [-0.3, -0.25) is 9.69 Å². The van der Waals surface area contributed by atoms with Crippen LogP contribution in [0.4, 0.5) is 4.39 Å². The molecule has 0 saturated heterocycles. The molecule has 0 heterocycles. The minimum Gasteiger partial charge on any atom is -0.351 e. The molecule has 0 saturated carbocycles. The van der Waals surface area contributed by atoms with Crippen molar-refractivity contribution >= 4 is 17.5 Å². The summed E-state index contributed by atoms with van der Waals surface area (Å²) in [7, 11) is 1.80. The quantitative estimate of drug-likeness (QED) is 0.875. The van der Waals surface area contributed by atoms with Crippen LogP contribution >= 0.6 is 11.6 Å². The highest BCUT2D eigenvalue weighted by molar-refractivity contribution is 6.31. The van der Waals surface area contributed by atoms with E-state index < -0.39 is 0 Å². The van der Waals surface area contributed by atoms with Crippen molar-refractivity contribution in [3.63, 3.8) is 0 Å². The maximum Gasteiger partial charge on any atom is 0.237 e. The lowest BCUT2D eigenvalue weighted by atomic mass is 10.1. The van der Waals surface area contributed by atoms with Gasteiger partial charge < -0.3 is 5.32 Å². The number of benzene rings is 2. The van der Waals surface area contributed by atoms with Gasteiger partial charge in [-0.2, -0.15) is 0 Å². The van der Waals surface area contributed by atoms with E-state index in [1.165, 1.54) is 6.07 Å². The summed E-state index contributed by atoms with van der Waals surface area (Å²) in [6.07, 6.45) is 0. The van der Waals surface area contributed by atoms with Crippen molar-refractivity contribution in [2.75, 3.05) is 7.05 Å². The maximum absolute atomic E-state index is 13.7. The lowest BCUT2D eigenvalue weighted by Gasteiger charge is -2.24. The second-order valence-corrected chi connectivity index (χ2v) is 5.90. The Hall–Kier alpha value is -1.91. The van der Waals surface area contributed by atoms with Crippen molar-refractivity contribution < 1.29 is 9.18 Å². The van der Waals surface area contributed by atoms with Gasteiger partial charge in [-0.15, -0.1) is 0 Å². The molecule has 1 amide bonds. The summed E-state index contributed by atoms with van der Waals surface area (Å²) in [5, 5.41) is 3.49. The molecule has 1 unspecified atom stereocenters. The molecule has 0 aliphatic heterocycles. The molecule has 2 aromatic carbocycles. The van der Waals surface area contributed by atoms with E-state index in [1.807, 2.05) is 18.2 Å². The van der Waals surface area contributed by atoms with Crippen molar-refractivity contribution in [1.29, 1.82) is 0 Å². The Labute approximate surface area is 141 Å². The third-order valence-corrected chi connectivity index (χ3v) is 4.20. The second kappa shape index (κ2) is 8.09. The molecule has 2 aromatic rings. The van der Waals surface area contributed by atoms with E-state index in [0.29, 0.717) is 23.7 Å². The number of rotatable bonds is 6. The number of nitrogens with one attached hydrogen (secondary N) is 1. The third-order valence-electron chi connectivity index (χ3n) is 3.83. The summed E-state index contributed by atoms with van der Waals surface area (Å²) in [5.74, 6) is -0.383. The molecule has 3 nitrogen and oxygen atoms in total. The molecule has 1 atom stereocenters. The number of likely N-dealkylation sites (N-methyl/N-ethyl adjacent to an activating group) is 1. The Balaban J connectivity index is 1.91. The zero-order valence-corrected chi connectivity index (χ0v) is 14.0.